The van der Waals surface area contributed by atoms with E-state index >= 15 is 0 Å². The van der Waals surface area contributed by atoms with Crippen LogP contribution in [0.1, 0.15) is 5.56 Å². The van der Waals surface area contributed by atoms with E-state index in [2.05, 4.69) is 10.3 Å². The molecule has 6 heteroatoms. The molecule has 0 amide bonds. The molecule has 0 bridgehead atoms. The third-order valence-corrected chi connectivity index (χ3v) is 3.21. The minimum Gasteiger partial charge on any atom is -0.382 e. The van der Waals surface area contributed by atoms with Crippen LogP contribution in [-0.4, -0.2) is 15.0 Å². The largest absolute Gasteiger partial charge is 0.382 e. The first-order valence-electron chi connectivity index (χ1n) is 6.30. The number of benzene rings is 2. The van der Waals surface area contributed by atoms with Gasteiger partial charge in [0.05, 0.1) is 5.69 Å². The van der Waals surface area contributed by atoms with Gasteiger partial charge in [0.25, 0.3) is 0 Å². The van der Waals surface area contributed by atoms with Gasteiger partial charge in [-0.1, -0.05) is 5.21 Å². The molecule has 0 aliphatic heterocycles. The second kappa shape index (κ2) is 4.97. The lowest BCUT2D eigenvalue weighted by atomic mass is 10.1. The molecule has 2 aromatic carbocycles. The minimum atomic E-state index is -0.341. The van der Waals surface area contributed by atoms with Gasteiger partial charge in [-0.2, -0.15) is 4.68 Å². The van der Waals surface area contributed by atoms with E-state index in [0.717, 1.165) is 0 Å². The second-order valence-electron chi connectivity index (χ2n) is 4.68. The van der Waals surface area contributed by atoms with Crippen LogP contribution in [0, 0.1) is 18.6 Å². The molecule has 0 radical (unpaired) electrons. The van der Waals surface area contributed by atoms with Gasteiger partial charge in [-0.05, 0) is 55.0 Å². The van der Waals surface area contributed by atoms with E-state index in [0.29, 0.717) is 28.3 Å². The van der Waals surface area contributed by atoms with E-state index in [9.17, 15) is 8.78 Å². The lowest BCUT2D eigenvalue weighted by Crippen LogP contribution is -2.02. The number of nitrogens with zero attached hydrogens (tertiary/aromatic N) is 3. The molecule has 0 unspecified atom stereocenters. The summed E-state index contributed by atoms with van der Waals surface area (Å²) in [6.07, 6.45) is 0. The second-order valence-corrected chi connectivity index (χ2v) is 4.68. The van der Waals surface area contributed by atoms with Gasteiger partial charge in [-0.25, -0.2) is 8.78 Å². The molecule has 0 aliphatic carbocycles. The number of anilines is 1. The molecule has 0 saturated carbocycles. The molecular weight excluding hydrogens is 274 g/mol. The van der Waals surface area contributed by atoms with Gasteiger partial charge in [0, 0.05) is 5.56 Å². The number of nitrogens with two attached hydrogens (primary N) is 1. The number of nitrogen functional groups attached to an aromatic ring is 1. The topological polar surface area (TPSA) is 56.7 Å². The maximum Gasteiger partial charge on any atom is 0.155 e. The van der Waals surface area contributed by atoms with Gasteiger partial charge >= 0.3 is 0 Å². The maximum absolute atomic E-state index is 13.3. The highest BCUT2D eigenvalue weighted by Gasteiger charge is 2.14. The third-order valence-electron chi connectivity index (χ3n) is 3.21. The molecule has 4 nitrogen and oxygen atoms in total. The highest BCUT2D eigenvalue weighted by molar-refractivity contribution is 5.71. The van der Waals surface area contributed by atoms with Crippen molar-refractivity contribution >= 4 is 5.82 Å². The average Bonchev–Trinajstić information content (AvgIpc) is 2.85. The highest BCUT2D eigenvalue weighted by atomic mass is 19.1. The number of aryl methyl sites for hydroxylation is 1. The Kier molecular flexibility index (Phi) is 3.13. The fourth-order valence-corrected chi connectivity index (χ4v) is 2.06. The van der Waals surface area contributed by atoms with Crippen LogP contribution < -0.4 is 5.73 Å². The Bertz CT molecular complexity index is 794. The van der Waals surface area contributed by atoms with Crippen LogP contribution in [0.25, 0.3) is 16.9 Å². The number of hydrogen-bond acceptors (Lipinski definition) is 3. The van der Waals surface area contributed by atoms with Crippen molar-refractivity contribution in [3.63, 3.8) is 0 Å². The number of aromatic nitrogens is 3. The Hall–Kier alpha value is -2.76. The van der Waals surface area contributed by atoms with Crippen molar-refractivity contribution in [1.82, 2.24) is 15.0 Å². The Balaban J connectivity index is 2.06. The SMILES string of the molecule is Cc1cc(-c2nnn(-c3ccc(F)cc3)c2N)ccc1F. The Labute approximate surface area is 119 Å². The quantitative estimate of drug-likeness (QED) is 0.787. The van der Waals surface area contributed by atoms with E-state index in [1.54, 1.807) is 31.2 Å². The smallest absolute Gasteiger partial charge is 0.155 e. The zero-order chi connectivity index (χ0) is 15.0. The summed E-state index contributed by atoms with van der Waals surface area (Å²) in [4.78, 5) is 0. The first-order chi connectivity index (χ1) is 10.1. The van der Waals surface area contributed by atoms with E-state index in [4.69, 9.17) is 5.73 Å². The summed E-state index contributed by atoms with van der Waals surface area (Å²) < 4.78 is 27.7. The Morgan fingerprint density at radius 2 is 1.76 bits per heavy atom. The molecule has 0 atom stereocenters. The predicted molar refractivity (Wildman–Crippen MR) is 75.9 cm³/mol. The summed E-state index contributed by atoms with van der Waals surface area (Å²) in [5.74, 6) is -0.317. The van der Waals surface area contributed by atoms with Crippen molar-refractivity contribution in [2.24, 2.45) is 0 Å². The third kappa shape index (κ3) is 2.35. The molecule has 1 aromatic heterocycles. The van der Waals surface area contributed by atoms with Crippen molar-refractivity contribution in [2.45, 2.75) is 6.92 Å². The molecule has 2 N–H and O–H groups in total. The highest BCUT2D eigenvalue weighted by Crippen LogP contribution is 2.26. The van der Waals surface area contributed by atoms with Gasteiger partial charge in [0.2, 0.25) is 0 Å². The van der Waals surface area contributed by atoms with E-state index in [1.165, 1.54) is 22.9 Å². The molecule has 106 valence electrons. The predicted octanol–water partition coefficient (Wildman–Crippen LogP) is 3.10. The van der Waals surface area contributed by atoms with Crippen LogP contribution in [0.5, 0.6) is 0 Å². The Morgan fingerprint density at radius 1 is 1.05 bits per heavy atom. The summed E-state index contributed by atoms with van der Waals surface area (Å²) >= 11 is 0. The lowest BCUT2D eigenvalue weighted by molar-refractivity contribution is 0.618. The first-order valence-corrected chi connectivity index (χ1v) is 6.30. The molecule has 0 aliphatic rings. The monoisotopic (exact) mass is 286 g/mol. The molecule has 0 saturated heterocycles. The molecule has 21 heavy (non-hydrogen) atoms. The summed E-state index contributed by atoms with van der Waals surface area (Å²) in [6, 6.07) is 10.4. The molecule has 0 fully saturated rings. The molecule has 3 aromatic rings. The van der Waals surface area contributed by atoms with Gasteiger partial charge in [0.15, 0.2) is 5.82 Å². The van der Waals surface area contributed by atoms with Crippen molar-refractivity contribution in [3.8, 4) is 16.9 Å². The maximum atomic E-state index is 13.3. The van der Waals surface area contributed by atoms with Crippen molar-refractivity contribution < 1.29 is 8.78 Å². The summed E-state index contributed by atoms with van der Waals surface area (Å²) in [5, 5.41) is 8.00. The summed E-state index contributed by atoms with van der Waals surface area (Å²) in [6.45, 7) is 1.67. The number of hydrogen-bond donors (Lipinski definition) is 1. The minimum absolute atomic E-state index is 0.289. The molecule has 3 rings (SSSR count). The first kappa shape index (κ1) is 13.2. The van der Waals surface area contributed by atoms with E-state index in [1.807, 2.05) is 0 Å². The van der Waals surface area contributed by atoms with E-state index in [-0.39, 0.29) is 11.6 Å². The van der Waals surface area contributed by atoms with Gasteiger partial charge in [-0.15, -0.1) is 5.10 Å². The van der Waals surface area contributed by atoms with Crippen LogP contribution in [-0.2, 0) is 0 Å². The molecule has 1 heterocycles. The molecule has 0 spiro atoms. The number of rotatable bonds is 2. The zero-order valence-corrected chi connectivity index (χ0v) is 11.2. The average molecular weight is 286 g/mol. The number of halogens is 2. The van der Waals surface area contributed by atoms with Crippen molar-refractivity contribution in [3.05, 3.63) is 59.7 Å². The van der Waals surface area contributed by atoms with Crippen LogP contribution >= 0.6 is 0 Å². The van der Waals surface area contributed by atoms with Crippen LogP contribution in [0.4, 0.5) is 14.6 Å². The molecular formula is C15H12F2N4. The lowest BCUT2D eigenvalue weighted by Gasteiger charge is -2.04. The van der Waals surface area contributed by atoms with Crippen LogP contribution in [0.2, 0.25) is 0 Å². The van der Waals surface area contributed by atoms with Gasteiger partial charge in [0.1, 0.15) is 17.3 Å². The van der Waals surface area contributed by atoms with Crippen LogP contribution in [0.15, 0.2) is 42.5 Å². The van der Waals surface area contributed by atoms with Crippen molar-refractivity contribution in [2.75, 3.05) is 5.73 Å². The fourth-order valence-electron chi connectivity index (χ4n) is 2.06. The van der Waals surface area contributed by atoms with Crippen molar-refractivity contribution in [1.29, 1.82) is 0 Å². The normalized spacial score (nSPS) is 10.8. The summed E-state index contributed by atoms with van der Waals surface area (Å²) in [7, 11) is 0. The summed E-state index contributed by atoms with van der Waals surface area (Å²) in [5.41, 5.74) is 8.29. The zero-order valence-electron chi connectivity index (χ0n) is 11.2. The fraction of sp³-hybridized carbons (Fsp3) is 0.0667. The van der Waals surface area contributed by atoms with Gasteiger partial charge in [-0.3, -0.25) is 0 Å². The standard InChI is InChI=1S/C15H12F2N4/c1-9-8-10(2-7-13(9)17)14-15(18)21(20-19-14)12-5-3-11(16)4-6-12/h2-8H,18H2,1H3. The Morgan fingerprint density at radius 3 is 2.43 bits per heavy atom. The van der Waals surface area contributed by atoms with Gasteiger partial charge < -0.3 is 5.73 Å². The van der Waals surface area contributed by atoms with Crippen LogP contribution in [0.3, 0.4) is 0 Å². The van der Waals surface area contributed by atoms with E-state index < -0.39 is 0 Å².